The second-order valence-corrected chi connectivity index (χ2v) is 15.8. The zero-order valence-corrected chi connectivity index (χ0v) is 14.6. The molecule has 1 saturated heterocycles. The van der Waals surface area contributed by atoms with Gasteiger partial charge in [0.1, 0.15) is 13.2 Å². The molecule has 1 spiro atoms. The van der Waals surface area contributed by atoms with E-state index in [4.69, 9.17) is 45.0 Å². The fourth-order valence-corrected chi connectivity index (χ4v) is 15.1. The van der Waals surface area contributed by atoms with Crippen LogP contribution in [0.1, 0.15) is 0 Å². The molecule has 5 nitrogen and oxygen atoms in total. The molecule has 2 heterocycles. The summed E-state index contributed by atoms with van der Waals surface area (Å²) in [7, 11) is -3.96. The first-order chi connectivity index (χ1) is 8.79. The van der Waals surface area contributed by atoms with E-state index in [1.54, 1.807) is 0 Å². The van der Waals surface area contributed by atoms with Crippen LogP contribution in [0.5, 0.6) is 0 Å². The lowest BCUT2D eigenvalue weighted by Crippen LogP contribution is -2.45. The molecule has 0 saturated carbocycles. The number of hydrogen-bond acceptors (Lipinski definition) is 5. The van der Waals surface area contributed by atoms with Crippen LogP contribution in [-0.2, 0) is 9.05 Å². The summed E-state index contributed by atoms with van der Waals surface area (Å²) in [5, 5.41) is 0. The molecule has 0 aromatic heterocycles. The van der Waals surface area contributed by atoms with Crippen molar-refractivity contribution in [1.82, 2.24) is 0 Å². The van der Waals surface area contributed by atoms with Gasteiger partial charge in [-0.2, -0.15) is 31.1 Å². The lowest BCUT2D eigenvalue weighted by atomic mass is 10.2. The maximum absolute atomic E-state index is 13.2. The van der Waals surface area contributed by atoms with Gasteiger partial charge in [0.05, 0.1) is 0 Å². The van der Waals surface area contributed by atoms with E-state index in [0.29, 0.717) is 0 Å². The molecule has 118 valence electrons. The number of nitrogens with zero attached hydrogens (tertiary/aromatic N) is 3. The van der Waals surface area contributed by atoms with Crippen LogP contribution in [0, 0.1) is 0 Å². The molecule has 0 aromatic rings. The van der Waals surface area contributed by atoms with Crippen LogP contribution in [0.3, 0.4) is 0 Å². The highest BCUT2D eigenvalue weighted by Crippen LogP contribution is 2.86. The van der Waals surface area contributed by atoms with Gasteiger partial charge in [0, 0.05) is 0 Å². The SMILES string of the molecule is FC1(F)COP2(=NP(Cl)(Cl)=NP(Cl)(Cl)=N2)OCC1(F)F. The standard InChI is InChI=1S/C4H4Cl4F4N3O2P3/c5-18(6)13-19(7,8)15-20(14-18)16-1-3(9,10)4(11,12)2-17-20/h1-2H2. The summed E-state index contributed by atoms with van der Waals surface area (Å²) in [6.45, 7) is -3.36. The highest BCUT2D eigenvalue weighted by Gasteiger charge is 2.60. The number of halogens is 8. The minimum atomic E-state index is -4.46. The van der Waals surface area contributed by atoms with Crippen molar-refractivity contribution in [2.75, 3.05) is 13.2 Å². The number of hydrogen-bond donors (Lipinski definition) is 0. The molecule has 20 heavy (non-hydrogen) atoms. The Morgan fingerprint density at radius 2 is 1.15 bits per heavy atom. The molecule has 2 aliphatic heterocycles. The minimum Gasteiger partial charge on any atom is -0.300 e. The molecule has 2 rings (SSSR count). The Kier molecular flexibility index (Phi) is 4.69. The third-order valence-corrected chi connectivity index (χ3v) is 13.1. The smallest absolute Gasteiger partial charge is 0.300 e. The van der Waals surface area contributed by atoms with Gasteiger partial charge < -0.3 is 0 Å². The van der Waals surface area contributed by atoms with E-state index in [0.717, 1.165) is 0 Å². The van der Waals surface area contributed by atoms with Crippen molar-refractivity contribution >= 4 is 64.4 Å². The Morgan fingerprint density at radius 3 is 1.55 bits per heavy atom. The Balaban J connectivity index is 2.53. The Morgan fingerprint density at radius 1 is 0.750 bits per heavy atom. The summed E-state index contributed by atoms with van der Waals surface area (Å²) in [4.78, 5) is 0. The molecule has 0 radical (unpaired) electrons. The van der Waals surface area contributed by atoms with Crippen molar-refractivity contribution in [1.29, 1.82) is 0 Å². The Hall–Kier alpha value is 1.49. The molecule has 0 N–H and O–H groups in total. The van der Waals surface area contributed by atoms with Gasteiger partial charge in [-0.15, -0.1) is 0 Å². The van der Waals surface area contributed by atoms with Crippen LogP contribution >= 0.6 is 64.4 Å². The normalized spacial score (nSPS) is 32.4. The van der Waals surface area contributed by atoms with E-state index >= 15 is 0 Å². The number of alkyl halides is 4. The molecule has 0 aliphatic carbocycles. The first-order valence-corrected chi connectivity index (χ1v) is 13.1. The lowest BCUT2D eigenvalue weighted by Gasteiger charge is -2.23. The van der Waals surface area contributed by atoms with E-state index in [1.807, 2.05) is 0 Å². The molecule has 16 heteroatoms. The van der Waals surface area contributed by atoms with Crippen LogP contribution < -0.4 is 0 Å². The van der Waals surface area contributed by atoms with Gasteiger partial charge in [-0.25, -0.2) is 0 Å². The summed E-state index contributed by atoms with van der Waals surface area (Å²) in [6.07, 6.45) is 0. The molecule has 0 amide bonds. The second-order valence-electron chi connectivity index (χ2n) is 3.63. The number of rotatable bonds is 0. The molecule has 2 aliphatic rings. The van der Waals surface area contributed by atoms with E-state index in [-0.39, 0.29) is 0 Å². The average Bonchev–Trinajstić information content (AvgIpc) is 2.25. The van der Waals surface area contributed by atoms with E-state index in [2.05, 4.69) is 22.6 Å². The lowest BCUT2D eigenvalue weighted by molar-refractivity contribution is -0.222. The highest BCUT2D eigenvalue weighted by atomic mass is 35.9. The average molecular weight is 437 g/mol. The summed E-state index contributed by atoms with van der Waals surface area (Å²) < 4.78 is 72.8. The fourth-order valence-electron chi connectivity index (χ4n) is 1.14. The van der Waals surface area contributed by atoms with Crippen LogP contribution in [0.15, 0.2) is 13.5 Å². The van der Waals surface area contributed by atoms with Gasteiger partial charge in [0.2, 0.25) is 0 Å². The minimum absolute atomic E-state index is 1.68. The first kappa shape index (κ1) is 17.8. The maximum Gasteiger partial charge on any atom is 0.345 e. The molecule has 0 bridgehead atoms. The van der Waals surface area contributed by atoms with Crippen molar-refractivity contribution in [3.63, 3.8) is 0 Å². The molecule has 0 aromatic carbocycles. The third-order valence-electron chi connectivity index (χ3n) is 2.02. The predicted octanol–water partition coefficient (Wildman–Crippen LogP) is 7.11. The van der Waals surface area contributed by atoms with Crippen LogP contribution in [0.4, 0.5) is 17.6 Å². The Labute approximate surface area is 129 Å². The van der Waals surface area contributed by atoms with E-state index in [1.165, 1.54) is 0 Å². The van der Waals surface area contributed by atoms with Gasteiger partial charge in [-0.1, -0.05) is 0 Å². The maximum atomic E-state index is 13.2. The summed E-state index contributed by atoms with van der Waals surface area (Å²) in [5.41, 5.74) is 0. The molecular weight excluding hydrogens is 433 g/mol. The van der Waals surface area contributed by atoms with Crippen LogP contribution in [0.2, 0.25) is 0 Å². The third kappa shape index (κ3) is 3.69. The summed E-state index contributed by atoms with van der Waals surface area (Å²) >= 11 is 22.8. The Bertz CT molecular complexity index is 570. The van der Waals surface area contributed by atoms with Gasteiger partial charge >= 0.3 is 19.5 Å². The van der Waals surface area contributed by atoms with Gasteiger partial charge in [0.25, 0.3) is 11.8 Å². The van der Waals surface area contributed by atoms with Crippen molar-refractivity contribution < 1.29 is 26.6 Å². The van der Waals surface area contributed by atoms with Crippen molar-refractivity contribution in [2.24, 2.45) is 13.5 Å². The highest BCUT2D eigenvalue weighted by molar-refractivity contribution is 8.20. The van der Waals surface area contributed by atoms with E-state index < -0.39 is 44.5 Å². The largest absolute Gasteiger partial charge is 0.345 e. The van der Waals surface area contributed by atoms with Gasteiger partial charge in [0.15, 0.2) is 0 Å². The van der Waals surface area contributed by atoms with Crippen molar-refractivity contribution in [2.45, 2.75) is 11.8 Å². The summed E-state index contributed by atoms with van der Waals surface area (Å²) in [6, 6.07) is 0. The van der Waals surface area contributed by atoms with Gasteiger partial charge in [-0.3, -0.25) is 9.05 Å². The zero-order chi connectivity index (χ0) is 15.4. The fraction of sp³-hybridized carbons (Fsp3) is 1.00. The predicted molar refractivity (Wildman–Crippen MR) is 73.3 cm³/mol. The van der Waals surface area contributed by atoms with Crippen LogP contribution in [-0.4, -0.2) is 25.1 Å². The molecular formula is C4H4Cl4F4N3O2P3. The first-order valence-electron chi connectivity index (χ1n) is 4.53. The quantitative estimate of drug-likeness (QED) is 0.300. The topological polar surface area (TPSA) is 55.5 Å². The zero-order valence-electron chi connectivity index (χ0n) is 8.94. The van der Waals surface area contributed by atoms with Crippen molar-refractivity contribution in [3.05, 3.63) is 0 Å². The van der Waals surface area contributed by atoms with Gasteiger partial charge in [-0.05, 0) is 45.0 Å². The molecule has 0 atom stereocenters. The van der Waals surface area contributed by atoms with Crippen molar-refractivity contribution in [3.8, 4) is 0 Å². The monoisotopic (exact) mass is 435 g/mol. The second kappa shape index (κ2) is 5.25. The molecule has 1 fully saturated rings. The van der Waals surface area contributed by atoms with E-state index in [9.17, 15) is 17.6 Å². The van der Waals surface area contributed by atoms with Crippen LogP contribution in [0.25, 0.3) is 0 Å². The summed E-state index contributed by atoms with van der Waals surface area (Å²) in [5.74, 6) is -15.9. The molecule has 0 unspecified atom stereocenters.